The minimum Gasteiger partial charge on any atom is -0.368 e. The molecule has 1 aromatic carbocycles. The summed E-state index contributed by atoms with van der Waals surface area (Å²) >= 11 is 0. The van der Waals surface area contributed by atoms with Crippen LogP contribution in [-0.2, 0) is 0 Å². The number of hydrogen-bond donors (Lipinski definition) is 1. The zero-order valence-corrected chi connectivity index (χ0v) is 11.6. The summed E-state index contributed by atoms with van der Waals surface area (Å²) in [4.78, 5) is 6.94. The molecule has 1 aliphatic carbocycles. The van der Waals surface area contributed by atoms with Gasteiger partial charge in [-0.2, -0.15) is 0 Å². The van der Waals surface area contributed by atoms with Crippen LogP contribution < -0.4 is 5.32 Å². The van der Waals surface area contributed by atoms with E-state index in [4.69, 9.17) is 0 Å². The Morgan fingerprint density at radius 3 is 2.89 bits per heavy atom. The molecule has 1 aromatic heterocycles. The Kier molecular flexibility index (Phi) is 3.38. The molecule has 3 heteroatoms. The molecule has 0 amide bonds. The van der Waals surface area contributed by atoms with Gasteiger partial charge in [-0.1, -0.05) is 24.3 Å². The summed E-state index contributed by atoms with van der Waals surface area (Å²) in [6.45, 7) is 3.21. The van der Waals surface area contributed by atoms with E-state index in [9.17, 15) is 0 Å². The van der Waals surface area contributed by atoms with Gasteiger partial charge in [0.2, 0.25) is 0 Å². The minimum atomic E-state index is 0.535. The molecule has 0 aliphatic heterocycles. The molecule has 1 aliphatic rings. The van der Waals surface area contributed by atoms with Crippen LogP contribution in [0.1, 0.15) is 19.8 Å². The lowest BCUT2D eigenvalue weighted by Gasteiger charge is -2.25. The van der Waals surface area contributed by atoms with E-state index in [0.29, 0.717) is 6.04 Å². The first-order chi connectivity index (χ1) is 9.25. The van der Waals surface area contributed by atoms with Crippen LogP contribution in [-0.4, -0.2) is 35.6 Å². The van der Waals surface area contributed by atoms with E-state index >= 15 is 0 Å². The highest BCUT2D eigenvalue weighted by atomic mass is 15.2. The number of anilines is 1. The van der Waals surface area contributed by atoms with Crippen molar-refractivity contribution >= 4 is 16.6 Å². The SMILES string of the molecule is CC(CNc1nccc2ccccc12)N(C)C1CC1. The summed E-state index contributed by atoms with van der Waals surface area (Å²) in [6, 6.07) is 11.8. The third-order valence-corrected chi connectivity index (χ3v) is 4.06. The van der Waals surface area contributed by atoms with Gasteiger partial charge < -0.3 is 5.32 Å². The quantitative estimate of drug-likeness (QED) is 0.889. The molecule has 3 nitrogen and oxygen atoms in total. The first-order valence-electron chi connectivity index (χ1n) is 7.05. The monoisotopic (exact) mass is 255 g/mol. The van der Waals surface area contributed by atoms with Gasteiger partial charge in [0.05, 0.1) is 0 Å². The number of fused-ring (bicyclic) bond motifs is 1. The molecule has 1 unspecified atom stereocenters. The van der Waals surface area contributed by atoms with Gasteiger partial charge in [0.25, 0.3) is 0 Å². The zero-order valence-electron chi connectivity index (χ0n) is 11.6. The van der Waals surface area contributed by atoms with Crippen molar-refractivity contribution in [3.63, 3.8) is 0 Å². The van der Waals surface area contributed by atoms with Gasteiger partial charge in [0.15, 0.2) is 0 Å². The topological polar surface area (TPSA) is 28.2 Å². The summed E-state index contributed by atoms with van der Waals surface area (Å²) < 4.78 is 0. The molecule has 0 radical (unpaired) electrons. The van der Waals surface area contributed by atoms with E-state index in [0.717, 1.165) is 18.4 Å². The number of rotatable bonds is 5. The van der Waals surface area contributed by atoms with Crippen molar-refractivity contribution in [1.29, 1.82) is 0 Å². The van der Waals surface area contributed by atoms with E-state index in [-0.39, 0.29) is 0 Å². The highest BCUT2D eigenvalue weighted by Gasteiger charge is 2.28. The summed E-state index contributed by atoms with van der Waals surface area (Å²) in [6.07, 6.45) is 4.58. The predicted molar refractivity (Wildman–Crippen MR) is 80.5 cm³/mol. The van der Waals surface area contributed by atoms with Gasteiger partial charge in [-0.05, 0) is 38.3 Å². The Morgan fingerprint density at radius 2 is 2.11 bits per heavy atom. The number of nitrogens with one attached hydrogen (secondary N) is 1. The van der Waals surface area contributed by atoms with Gasteiger partial charge in [-0.15, -0.1) is 0 Å². The van der Waals surface area contributed by atoms with Gasteiger partial charge in [-0.25, -0.2) is 4.98 Å². The maximum absolute atomic E-state index is 4.47. The van der Waals surface area contributed by atoms with Crippen molar-refractivity contribution in [3.05, 3.63) is 36.5 Å². The van der Waals surface area contributed by atoms with Crippen molar-refractivity contribution in [2.75, 3.05) is 18.9 Å². The van der Waals surface area contributed by atoms with E-state index in [1.165, 1.54) is 23.6 Å². The Morgan fingerprint density at radius 1 is 1.32 bits per heavy atom. The normalized spacial score (nSPS) is 16.8. The van der Waals surface area contributed by atoms with Crippen LogP contribution in [0, 0.1) is 0 Å². The third kappa shape index (κ3) is 2.71. The number of likely N-dealkylation sites (N-methyl/N-ethyl adjacent to an activating group) is 1. The van der Waals surface area contributed by atoms with Crippen LogP contribution in [0.25, 0.3) is 10.8 Å². The number of pyridine rings is 1. The largest absolute Gasteiger partial charge is 0.368 e. The molecule has 19 heavy (non-hydrogen) atoms. The van der Waals surface area contributed by atoms with Crippen molar-refractivity contribution < 1.29 is 0 Å². The number of hydrogen-bond acceptors (Lipinski definition) is 3. The second-order valence-corrected chi connectivity index (χ2v) is 5.51. The fraction of sp³-hybridized carbons (Fsp3) is 0.438. The molecule has 0 saturated heterocycles. The summed E-state index contributed by atoms with van der Waals surface area (Å²) in [5.41, 5.74) is 0. The molecule has 1 fully saturated rings. The van der Waals surface area contributed by atoms with Crippen LogP contribution >= 0.6 is 0 Å². The molecule has 0 spiro atoms. The van der Waals surface area contributed by atoms with Crippen molar-refractivity contribution in [1.82, 2.24) is 9.88 Å². The summed E-state index contributed by atoms with van der Waals surface area (Å²) in [5.74, 6) is 0.995. The van der Waals surface area contributed by atoms with Crippen molar-refractivity contribution in [2.45, 2.75) is 31.8 Å². The molecule has 1 atom stereocenters. The van der Waals surface area contributed by atoms with Crippen LogP contribution in [0.5, 0.6) is 0 Å². The fourth-order valence-corrected chi connectivity index (χ4v) is 2.49. The molecule has 1 saturated carbocycles. The first-order valence-corrected chi connectivity index (χ1v) is 7.05. The third-order valence-electron chi connectivity index (χ3n) is 4.06. The molecule has 0 bridgehead atoms. The van der Waals surface area contributed by atoms with Gasteiger partial charge in [0, 0.05) is 30.2 Å². The second kappa shape index (κ2) is 5.17. The Hall–Kier alpha value is -1.61. The number of nitrogens with zero attached hydrogens (tertiary/aromatic N) is 2. The molecule has 1 N–H and O–H groups in total. The maximum Gasteiger partial charge on any atom is 0.133 e. The molecule has 2 aromatic rings. The van der Waals surface area contributed by atoms with E-state index < -0.39 is 0 Å². The van der Waals surface area contributed by atoms with Crippen LogP contribution in [0.15, 0.2) is 36.5 Å². The van der Waals surface area contributed by atoms with Crippen LogP contribution in [0.2, 0.25) is 0 Å². The van der Waals surface area contributed by atoms with Crippen LogP contribution in [0.4, 0.5) is 5.82 Å². The average Bonchev–Trinajstić information content (AvgIpc) is 3.28. The highest BCUT2D eigenvalue weighted by Crippen LogP contribution is 2.27. The van der Waals surface area contributed by atoms with E-state index in [1.54, 1.807) is 0 Å². The number of aromatic nitrogens is 1. The van der Waals surface area contributed by atoms with Gasteiger partial charge >= 0.3 is 0 Å². The van der Waals surface area contributed by atoms with Crippen molar-refractivity contribution in [2.24, 2.45) is 0 Å². The second-order valence-electron chi connectivity index (χ2n) is 5.51. The Bertz CT molecular complexity index is 557. The van der Waals surface area contributed by atoms with E-state index in [2.05, 4.69) is 59.5 Å². The molecule has 100 valence electrons. The van der Waals surface area contributed by atoms with E-state index in [1.807, 2.05) is 6.20 Å². The van der Waals surface area contributed by atoms with Crippen molar-refractivity contribution in [3.8, 4) is 0 Å². The lowest BCUT2D eigenvalue weighted by atomic mass is 10.1. The minimum absolute atomic E-state index is 0.535. The molecular formula is C16H21N3. The summed E-state index contributed by atoms with van der Waals surface area (Å²) in [7, 11) is 2.22. The Balaban J connectivity index is 1.71. The lowest BCUT2D eigenvalue weighted by molar-refractivity contribution is 0.257. The predicted octanol–water partition coefficient (Wildman–Crippen LogP) is 3.13. The van der Waals surface area contributed by atoms with Gasteiger partial charge in [-0.3, -0.25) is 4.90 Å². The van der Waals surface area contributed by atoms with Gasteiger partial charge in [0.1, 0.15) is 5.82 Å². The highest BCUT2D eigenvalue weighted by molar-refractivity contribution is 5.91. The Labute approximate surface area is 114 Å². The summed E-state index contributed by atoms with van der Waals surface area (Å²) in [5, 5.41) is 5.94. The first kappa shape index (κ1) is 12.4. The molecular weight excluding hydrogens is 234 g/mol. The molecule has 3 rings (SSSR count). The smallest absolute Gasteiger partial charge is 0.133 e. The number of benzene rings is 1. The standard InChI is InChI=1S/C16H21N3/c1-12(19(2)14-7-8-14)11-18-16-15-6-4-3-5-13(15)9-10-17-16/h3-6,9-10,12,14H,7-8,11H2,1-2H3,(H,17,18). The maximum atomic E-state index is 4.47. The van der Waals surface area contributed by atoms with Crippen LogP contribution in [0.3, 0.4) is 0 Å². The average molecular weight is 255 g/mol. The fourth-order valence-electron chi connectivity index (χ4n) is 2.49. The zero-order chi connectivity index (χ0) is 13.2. The molecule has 1 heterocycles. The lowest BCUT2D eigenvalue weighted by Crippen LogP contribution is -2.36.